The lowest BCUT2D eigenvalue weighted by Gasteiger charge is -2.06. The van der Waals surface area contributed by atoms with Crippen LogP contribution in [0.1, 0.15) is 11.6 Å². The highest BCUT2D eigenvalue weighted by Gasteiger charge is 2.35. The van der Waals surface area contributed by atoms with Crippen LogP contribution in [-0.2, 0) is 6.18 Å². The third-order valence-electron chi connectivity index (χ3n) is 1.75. The molecule has 18 heavy (non-hydrogen) atoms. The molecule has 96 valence electrons. The number of aromatic amines is 1. The zero-order valence-corrected chi connectivity index (χ0v) is 9.80. The van der Waals surface area contributed by atoms with Crippen molar-refractivity contribution in [3.05, 3.63) is 17.7 Å². The maximum atomic E-state index is 12.5. The lowest BCUT2D eigenvalue weighted by Crippen LogP contribution is -2.12. The monoisotopic (exact) mass is 276 g/mol. The molecule has 6 nitrogen and oxygen atoms in total. The third-order valence-corrected chi connectivity index (χ3v) is 2.53. The average Bonchev–Trinajstić information content (AvgIpc) is 2.61. The fourth-order valence-electron chi connectivity index (χ4n) is 1.08. The summed E-state index contributed by atoms with van der Waals surface area (Å²) in [7, 11) is 0. The van der Waals surface area contributed by atoms with Crippen LogP contribution in [0.4, 0.5) is 19.0 Å². The van der Waals surface area contributed by atoms with Gasteiger partial charge in [0.2, 0.25) is 11.0 Å². The van der Waals surface area contributed by atoms with Gasteiger partial charge in [-0.2, -0.15) is 13.2 Å². The fraction of sp³-hybridized carbons (Fsp3) is 0.250. The van der Waals surface area contributed by atoms with E-state index in [1.54, 1.807) is 6.92 Å². The van der Waals surface area contributed by atoms with Crippen molar-refractivity contribution in [2.75, 3.05) is 5.73 Å². The highest BCUT2D eigenvalue weighted by Crippen LogP contribution is 2.30. The first kappa shape index (κ1) is 12.6. The van der Waals surface area contributed by atoms with E-state index in [1.807, 2.05) is 0 Å². The van der Waals surface area contributed by atoms with Crippen LogP contribution in [0.25, 0.3) is 0 Å². The van der Waals surface area contributed by atoms with Gasteiger partial charge in [0.1, 0.15) is 16.7 Å². The quantitative estimate of drug-likeness (QED) is 0.810. The number of rotatable bonds is 2. The van der Waals surface area contributed by atoms with Gasteiger partial charge in [-0.05, 0) is 18.7 Å². The number of aromatic nitrogens is 5. The van der Waals surface area contributed by atoms with E-state index in [0.29, 0.717) is 5.82 Å². The van der Waals surface area contributed by atoms with E-state index in [9.17, 15) is 13.2 Å². The van der Waals surface area contributed by atoms with Crippen molar-refractivity contribution in [1.82, 2.24) is 25.1 Å². The van der Waals surface area contributed by atoms with Crippen molar-refractivity contribution >= 4 is 17.6 Å². The number of aryl methyl sites for hydroxylation is 1. The molecular weight excluding hydrogens is 269 g/mol. The van der Waals surface area contributed by atoms with E-state index >= 15 is 0 Å². The van der Waals surface area contributed by atoms with Crippen molar-refractivity contribution in [3.63, 3.8) is 0 Å². The summed E-state index contributed by atoms with van der Waals surface area (Å²) in [6, 6.07) is 1.23. The molecule has 2 heterocycles. The van der Waals surface area contributed by atoms with Crippen LogP contribution in [0.15, 0.2) is 16.2 Å². The van der Waals surface area contributed by atoms with Gasteiger partial charge in [0.25, 0.3) is 0 Å². The van der Waals surface area contributed by atoms with E-state index in [2.05, 4.69) is 25.1 Å². The average molecular weight is 276 g/mol. The lowest BCUT2D eigenvalue weighted by atomic mass is 10.5. The van der Waals surface area contributed by atoms with Crippen molar-refractivity contribution in [2.24, 2.45) is 0 Å². The molecule has 2 aromatic heterocycles. The molecule has 0 atom stereocenters. The molecule has 10 heteroatoms. The molecule has 0 unspecified atom stereocenters. The van der Waals surface area contributed by atoms with Gasteiger partial charge < -0.3 is 5.73 Å². The molecule has 0 bridgehead atoms. The number of nitrogens with one attached hydrogen (secondary N) is 1. The maximum Gasteiger partial charge on any atom is 0.451 e. The van der Waals surface area contributed by atoms with Crippen LogP contribution in [0, 0.1) is 6.92 Å². The molecule has 0 aliphatic heterocycles. The Morgan fingerprint density at radius 1 is 1.28 bits per heavy atom. The molecule has 0 radical (unpaired) electrons. The first-order valence-electron chi connectivity index (χ1n) is 4.63. The van der Waals surface area contributed by atoms with Crippen molar-refractivity contribution in [1.29, 1.82) is 0 Å². The van der Waals surface area contributed by atoms with Gasteiger partial charge in [-0.1, -0.05) is 0 Å². The molecule has 3 N–H and O–H groups in total. The van der Waals surface area contributed by atoms with Crippen molar-refractivity contribution in [2.45, 2.75) is 23.3 Å². The Labute approximate surface area is 103 Å². The van der Waals surface area contributed by atoms with Crippen molar-refractivity contribution in [3.8, 4) is 0 Å². The van der Waals surface area contributed by atoms with E-state index in [4.69, 9.17) is 5.73 Å². The molecule has 0 spiro atoms. The summed E-state index contributed by atoms with van der Waals surface area (Å²) in [5, 5.41) is 6.65. The minimum absolute atomic E-state index is 0.0359. The second-order valence-electron chi connectivity index (χ2n) is 3.26. The Bertz CT molecular complexity index is 566. The number of H-pyrrole nitrogens is 1. The molecule has 0 aromatic carbocycles. The van der Waals surface area contributed by atoms with Gasteiger partial charge in [0.15, 0.2) is 0 Å². The number of anilines is 1. The Hall–Kier alpha value is -1.84. The van der Waals surface area contributed by atoms with Gasteiger partial charge in [-0.15, -0.1) is 5.10 Å². The Kier molecular flexibility index (Phi) is 3.11. The summed E-state index contributed by atoms with van der Waals surface area (Å²) in [6.45, 7) is 1.67. The summed E-state index contributed by atoms with van der Waals surface area (Å²) in [5.41, 5.74) is 5.30. The highest BCUT2D eigenvalue weighted by atomic mass is 32.2. The highest BCUT2D eigenvalue weighted by molar-refractivity contribution is 7.99. The smallest absolute Gasteiger partial charge is 0.384 e. The number of alkyl halides is 3. The number of halogens is 3. The van der Waals surface area contributed by atoms with Gasteiger partial charge in [0, 0.05) is 6.07 Å². The lowest BCUT2D eigenvalue weighted by molar-refractivity contribution is -0.145. The van der Waals surface area contributed by atoms with Crippen LogP contribution >= 0.6 is 11.8 Å². The number of nitrogens with two attached hydrogens (primary N) is 1. The van der Waals surface area contributed by atoms with Gasteiger partial charge in [-0.3, -0.25) is 5.10 Å². The summed E-state index contributed by atoms with van der Waals surface area (Å²) < 4.78 is 37.4. The summed E-state index contributed by atoms with van der Waals surface area (Å²) >= 11 is 0.868. The third kappa shape index (κ3) is 2.88. The summed E-state index contributed by atoms with van der Waals surface area (Å²) in [5.74, 6) is -0.986. The second-order valence-corrected chi connectivity index (χ2v) is 4.25. The standard InChI is InChI=1S/C8H7F3N6S/c1-3-13-7(17-16-3)18-5-2-4(12)14-6(15-5)8(9,10)11/h2H,1H3,(H2,12,14,15)(H,13,16,17). The summed E-state index contributed by atoms with van der Waals surface area (Å²) in [6.07, 6.45) is -4.64. The minimum atomic E-state index is -4.64. The molecule has 0 saturated carbocycles. The Morgan fingerprint density at radius 3 is 2.56 bits per heavy atom. The van der Waals surface area contributed by atoms with Crippen molar-refractivity contribution < 1.29 is 13.2 Å². The summed E-state index contributed by atoms with van der Waals surface area (Å²) in [4.78, 5) is 10.4. The first-order valence-corrected chi connectivity index (χ1v) is 5.45. The van der Waals surface area contributed by atoms with Crippen LogP contribution < -0.4 is 5.73 Å². The fourth-order valence-corrected chi connectivity index (χ4v) is 1.86. The Balaban J connectivity index is 2.31. The Morgan fingerprint density at radius 2 is 2.00 bits per heavy atom. The van der Waals surface area contributed by atoms with E-state index in [1.165, 1.54) is 6.07 Å². The second kappa shape index (κ2) is 4.44. The van der Waals surface area contributed by atoms with Crippen LogP contribution in [0.5, 0.6) is 0 Å². The van der Waals surface area contributed by atoms with Crippen LogP contribution in [-0.4, -0.2) is 25.1 Å². The number of nitrogens with zero attached hydrogens (tertiary/aromatic N) is 4. The normalized spacial score (nSPS) is 11.8. The molecule has 0 saturated heterocycles. The molecule has 2 aromatic rings. The zero-order valence-electron chi connectivity index (χ0n) is 8.99. The molecule has 0 fully saturated rings. The molecule has 2 rings (SSSR count). The van der Waals surface area contributed by atoms with E-state index in [-0.39, 0.29) is 16.0 Å². The number of nitrogen functional groups attached to an aromatic ring is 1. The van der Waals surface area contributed by atoms with Gasteiger partial charge in [0.05, 0.1) is 0 Å². The van der Waals surface area contributed by atoms with Crippen LogP contribution in [0.2, 0.25) is 0 Å². The SMILES string of the molecule is Cc1nc(Sc2cc(N)nc(C(F)(F)F)n2)n[nH]1. The minimum Gasteiger partial charge on any atom is -0.384 e. The first-order chi connectivity index (χ1) is 8.34. The van der Waals surface area contributed by atoms with E-state index < -0.39 is 12.0 Å². The molecular formula is C8H7F3N6S. The largest absolute Gasteiger partial charge is 0.451 e. The molecule has 0 aliphatic carbocycles. The maximum absolute atomic E-state index is 12.5. The predicted octanol–water partition coefficient (Wildman–Crippen LogP) is 1.66. The molecule has 0 aliphatic rings. The van der Waals surface area contributed by atoms with Gasteiger partial charge in [-0.25, -0.2) is 15.0 Å². The van der Waals surface area contributed by atoms with Crippen LogP contribution in [0.3, 0.4) is 0 Å². The number of hydrogen-bond acceptors (Lipinski definition) is 6. The number of hydrogen-bond donors (Lipinski definition) is 2. The zero-order chi connectivity index (χ0) is 13.3. The van der Waals surface area contributed by atoms with Gasteiger partial charge >= 0.3 is 6.18 Å². The van der Waals surface area contributed by atoms with E-state index in [0.717, 1.165) is 11.8 Å². The predicted molar refractivity (Wildman–Crippen MR) is 56.7 cm³/mol. The topological polar surface area (TPSA) is 93.4 Å². The molecule has 0 amide bonds.